The Morgan fingerprint density at radius 3 is 2.59 bits per heavy atom. The first-order chi connectivity index (χ1) is 10.5. The van der Waals surface area contributed by atoms with Gasteiger partial charge in [-0.05, 0) is 44.9 Å². The molecule has 0 saturated heterocycles. The van der Waals surface area contributed by atoms with Crippen LogP contribution in [0.15, 0.2) is 29.3 Å². The molecule has 1 atom stereocenters. The van der Waals surface area contributed by atoms with Crippen LogP contribution >= 0.6 is 34.7 Å². The van der Waals surface area contributed by atoms with E-state index in [1.54, 1.807) is 23.1 Å². The molecule has 2 heterocycles. The van der Waals surface area contributed by atoms with E-state index >= 15 is 0 Å². The zero-order valence-electron chi connectivity index (χ0n) is 13.0. The van der Waals surface area contributed by atoms with Gasteiger partial charge in [0.2, 0.25) is 0 Å². The molecule has 0 saturated carbocycles. The summed E-state index contributed by atoms with van der Waals surface area (Å²) in [4.78, 5) is 11.7. The lowest BCUT2D eigenvalue weighted by Gasteiger charge is -2.14. The number of aryl methyl sites for hydroxylation is 3. The van der Waals surface area contributed by atoms with Crippen molar-refractivity contribution in [3.63, 3.8) is 0 Å². The Labute approximate surface area is 144 Å². The standard InChI is InChI=1S/C17H17ClN2S2/c1-9-10(2)21-16-15(9)17(20-12(4)19-16)22-11(3)13-7-5-6-8-14(13)18/h5-8,11H,1-4H3/t11-/m1/s1. The van der Waals surface area contributed by atoms with Gasteiger partial charge < -0.3 is 0 Å². The van der Waals surface area contributed by atoms with Gasteiger partial charge in [-0.2, -0.15) is 0 Å². The molecule has 0 aliphatic carbocycles. The van der Waals surface area contributed by atoms with E-state index in [0.717, 1.165) is 26.3 Å². The largest absolute Gasteiger partial charge is 0.226 e. The van der Waals surface area contributed by atoms with Gasteiger partial charge in [0.25, 0.3) is 0 Å². The van der Waals surface area contributed by atoms with Crippen LogP contribution in [-0.4, -0.2) is 9.97 Å². The molecule has 22 heavy (non-hydrogen) atoms. The highest BCUT2D eigenvalue weighted by molar-refractivity contribution is 7.99. The van der Waals surface area contributed by atoms with Gasteiger partial charge in [0, 0.05) is 20.5 Å². The van der Waals surface area contributed by atoms with E-state index in [-0.39, 0.29) is 5.25 Å². The summed E-state index contributed by atoms with van der Waals surface area (Å²) in [6, 6.07) is 8.01. The predicted molar refractivity (Wildman–Crippen MR) is 97.4 cm³/mol. The minimum atomic E-state index is 0.241. The maximum absolute atomic E-state index is 6.33. The van der Waals surface area contributed by atoms with E-state index < -0.39 is 0 Å². The van der Waals surface area contributed by atoms with Gasteiger partial charge in [-0.3, -0.25) is 0 Å². The molecule has 2 aromatic heterocycles. The molecule has 0 aliphatic rings. The molecule has 114 valence electrons. The molecule has 0 fully saturated rings. The minimum Gasteiger partial charge on any atom is -0.226 e. The van der Waals surface area contributed by atoms with Gasteiger partial charge in [-0.1, -0.05) is 41.6 Å². The van der Waals surface area contributed by atoms with Crippen molar-refractivity contribution in [3.05, 3.63) is 51.1 Å². The number of hydrogen-bond acceptors (Lipinski definition) is 4. The van der Waals surface area contributed by atoms with Crippen LogP contribution in [0.1, 0.15) is 34.0 Å². The van der Waals surface area contributed by atoms with Crippen molar-refractivity contribution in [1.82, 2.24) is 9.97 Å². The van der Waals surface area contributed by atoms with Gasteiger partial charge in [-0.25, -0.2) is 9.97 Å². The fourth-order valence-corrected chi connectivity index (χ4v) is 5.16. The third-order valence-electron chi connectivity index (χ3n) is 3.74. The van der Waals surface area contributed by atoms with Gasteiger partial charge in [0.1, 0.15) is 15.7 Å². The van der Waals surface area contributed by atoms with E-state index in [2.05, 4.69) is 36.8 Å². The first kappa shape index (κ1) is 15.8. The summed E-state index contributed by atoms with van der Waals surface area (Å²) in [7, 11) is 0. The lowest BCUT2D eigenvalue weighted by atomic mass is 10.2. The van der Waals surface area contributed by atoms with Crippen LogP contribution in [-0.2, 0) is 0 Å². The number of thioether (sulfide) groups is 1. The van der Waals surface area contributed by atoms with Crippen LogP contribution in [0, 0.1) is 20.8 Å². The Kier molecular flexibility index (Phi) is 4.44. The van der Waals surface area contributed by atoms with E-state index in [1.165, 1.54) is 15.8 Å². The molecule has 5 heteroatoms. The summed E-state index contributed by atoms with van der Waals surface area (Å²) in [5.41, 5.74) is 2.43. The van der Waals surface area contributed by atoms with Gasteiger partial charge in [0.05, 0.1) is 0 Å². The molecule has 2 nitrogen and oxygen atoms in total. The SMILES string of the molecule is Cc1nc(S[C@H](C)c2ccccc2Cl)c2c(C)c(C)sc2n1. The minimum absolute atomic E-state index is 0.241. The smallest absolute Gasteiger partial charge is 0.128 e. The van der Waals surface area contributed by atoms with E-state index in [0.29, 0.717) is 0 Å². The fourth-order valence-electron chi connectivity index (χ4n) is 2.44. The third kappa shape index (κ3) is 2.87. The number of rotatable bonds is 3. The van der Waals surface area contributed by atoms with Crippen molar-refractivity contribution in [3.8, 4) is 0 Å². The quantitative estimate of drug-likeness (QED) is 0.421. The average Bonchev–Trinajstić information content (AvgIpc) is 2.74. The van der Waals surface area contributed by atoms with Crippen molar-refractivity contribution < 1.29 is 0 Å². The van der Waals surface area contributed by atoms with Crippen molar-refractivity contribution in [2.45, 2.75) is 38.0 Å². The maximum atomic E-state index is 6.33. The zero-order chi connectivity index (χ0) is 15.9. The Morgan fingerprint density at radius 1 is 1.14 bits per heavy atom. The monoisotopic (exact) mass is 348 g/mol. The third-order valence-corrected chi connectivity index (χ3v) is 6.31. The van der Waals surface area contributed by atoms with E-state index in [9.17, 15) is 0 Å². The first-order valence-corrected chi connectivity index (χ1v) is 9.20. The van der Waals surface area contributed by atoms with Crippen molar-refractivity contribution in [1.29, 1.82) is 0 Å². The number of hydrogen-bond donors (Lipinski definition) is 0. The molecule has 0 unspecified atom stereocenters. The normalized spacial score (nSPS) is 12.8. The van der Waals surface area contributed by atoms with E-state index in [4.69, 9.17) is 11.6 Å². The fraction of sp³-hybridized carbons (Fsp3) is 0.294. The number of benzene rings is 1. The van der Waals surface area contributed by atoms with Gasteiger partial charge in [0.15, 0.2) is 0 Å². The highest BCUT2D eigenvalue weighted by Crippen LogP contribution is 2.42. The van der Waals surface area contributed by atoms with Crippen LogP contribution in [0.4, 0.5) is 0 Å². The van der Waals surface area contributed by atoms with Gasteiger partial charge in [-0.15, -0.1) is 11.3 Å². The number of thiophene rings is 1. The van der Waals surface area contributed by atoms with Gasteiger partial charge >= 0.3 is 0 Å². The summed E-state index contributed by atoms with van der Waals surface area (Å²) >= 11 is 9.82. The molecule has 0 N–H and O–H groups in total. The number of aromatic nitrogens is 2. The molecule has 3 rings (SSSR count). The molecule has 0 amide bonds. The number of fused-ring (bicyclic) bond motifs is 1. The molecule has 0 spiro atoms. The molecule has 0 radical (unpaired) electrons. The van der Waals surface area contributed by atoms with E-state index in [1.807, 2.05) is 25.1 Å². The molecule has 0 aliphatic heterocycles. The molecular weight excluding hydrogens is 332 g/mol. The Balaban J connectivity index is 2.05. The Morgan fingerprint density at radius 2 is 1.86 bits per heavy atom. The lowest BCUT2D eigenvalue weighted by Crippen LogP contribution is -1.95. The molecule has 1 aromatic carbocycles. The second-order valence-electron chi connectivity index (χ2n) is 5.32. The van der Waals surface area contributed by atoms with Crippen LogP contribution in [0.2, 0.25) is 5.02 Å². The molecule has 0 bridgehead atoms. The summed E-state index contributed by atoms with van der Waals surface area (Å²) < 4.78 is 0. The zero-order valence-corrected chi connectivity index (χ0v) is 15.4. The molecule has 3 aromatic rings. The van der Waals surface area contributed by atoms with Crippen molar-refractivity contribution in [2.24, 2.45) is 0 Å². The second kappa shape index (κ2) is 6.19. The maximum Gasteiger partial charge on any atom is 0.128 e. The van der Waals surface area contributed by atoms with Crippen molar-refractivity contribution in [2.75, 3.05) is 0 Å². The van der Waals surface area contributed by atoms with Crippen LogP contribution in [0.3, 0.4) is 0 Å². The topological polar surface area (TPSA) is 25.8 Å². The highest BCUT2D eigenvalue weighted by atomic mass is 35.5. The van der Waals surface area contributed by atoms with Crippen molar-refractivity contribution >= 4 is 44.9 Å². The van der Waals surface area contributed by atoms with Crippen LogP contribution in [0.5, 0.6) is 0 Å². The number of halogens is 1. The molecular formula is C17H17ClN2S2. The Bertz CT molecular complexity index is 842. The van der Waals surface area contributed by atoms with Crippen LogP contribution < -0.4 is 0 Å². The highest BCUT2D eigenvalue weighted by Gasteiger charge is 2.18. The predicted octanol–water partition coefficient (Wildman–Crippen LogP) is 6.12. The second-order valence-corrected chi connectivity index (χ2v) is 8.26. The lowest BCUT2D eigenvalue weighted by molar-refractivity contribution is 1.000. The van der Waals surface area contributed by atoms with Crippen LogP contribution in [0.25, 0.3) is 10.2 Å². The summed E-state index contributed by atoms with van der Waals surface area (Å²) in [5.74, 6) is 0.822. The summed E-state index contributed by atoms with van der Waals surface area (Å²) in [5, 5.41) is 3.29. The summed E-state index contributed by atoms with van der Waals surface area (Å²) in [6.07, 6.45) is 0. The summed E-state index contributed by atoms with van der Waals surface area (Å²) in [6.45, 7) is 8.41. The average molecular weight is 349 g/mol. The first-order valence-electron chi connectivity index (χ1n) is 7.12. The number of nitrogens with zero attached hydrogens (tertiary/aromatic N) is 2. The Hall–Kier alpha value is -1.10.